The van der Waals surface area contributed by atoms with Gasteiger partial charge in [0, 0.05) is 30.9 Å². The summed E-state index contributed by atoms with van der Waals surface area (Å²) in [4.78, 5) is 38.9. The van der Waals surface area contributed by atoms with E-state index < -0.39 is 0 Å². The molecule has 7 heteroatoms. The third-order valence-electron chi connectivity index (χ3n) is 5.99. The Labute approximate surface area is 205 Å². The molecule has 3 aromatic rings. The van der Waals surface area contributed by atoms with Gasteiger partial charge >= 0.3 is 0 Å². The number of para-hydroxylation sites is 1. The first-order chi connectivity index (χ1) is 17.0. The molecule has 2 N–H and O–H groups in total. The number of amides is 3. The van der Waals surface area contributed by atoms with Gasteiger partial charge in [0.2, 0.25) is 11.8 Å². The van der Waals surface area contributed by atoms with Crippen LogP contribution >= 0.6 is 0 Å². The largest absolute Gasteiger partial charge is 0.484 e. The second-order valence-electron chi connectivity index (χ2n) is 8.58. The van der Waals surface area contributed by atoms with E-state index in [1.54, 1.807) is 29.2 Å². The minimum atomic E-state index is -0.376. The first kappa shape index (κ1) is 24.0. The molecule has 180 valence electrons. The molecule has 0 radical (unpaired) electrons. The molecule has 4 rings (SSSR count). The number of ether oxygens (including phenoxy) is 1. The Bertz CT molecular complexity index is 1180. The van der Waals surface area contributed by atoms with Crippen molar-refractivity contribution in [2.45, 2.75) is 19.8 Å². The van der Waals surface area contributed by atoms with Gasteiger partial charge in [-0.1, -0.05) is 48.5 Å². The highest BCUT2D eigenvalue weighted by atomic mass is 16.5. The molecule has 1 aliphatic rings. The van der Waals surface area contributed by atoms with Crippen LogP contribution in [0.5, 0.6) is 5.75 Å². The van der Waals surface area contributed by atoms with Crippen LogP contribution in [0.4, 0.5) is 11.4 Å². The van der Waals surface area contributed by atoms with Crippen molar-refractivity contribution in [1.29, 1.82) is 0 Å². The fourth-order valence-electron chi connectivity index (χ4n) is 4.02. The molecule has 7 nitrogen and oxygen atoms in total. The number of aryl methyl sites for hydroxylation is 1. The Kier molecular flexibility index (Phi) is 7.77. The predicted molar refractivity (Wildman–Crippen MR) is 135 cm³/mol. The standard InChI is InChI=1S/C28H29N3O4/c1-20-7-5-6-10-25(20)30-26(32)19-35-24-13-11-23(12-14-24)31-18-22(17-27(31)33)28(34)29-16-15-21-8-3-2-4-9-21/h2-14,22H,15-19H2,1H3,(H,29,34)(H,30,32)/t22-/m0/s1. The van der Waals surface area contributed by atoms with Gasteiger partial charge in [0.15, 0.2) is 6.61 Å². The number of hydrogen-bond donors (Lipinski definition) is 2. The number of carbonyl (C=O) groups is 3. The quantitative estimate of drug-likeness (QED) is 0.498. The van der Waals surface area contributed by atoms with Crippen molar-refractivity contribution in [3.63, 3.8) is 0 Å². The molecule has 0 aromatic heterocycles. The summed E-state index contributed by atoms with van der Waals surface area (Å²) in [7, 11) is 0. The number of benzene rings is 3. The van der Waals surface area contributed by atoms with Gasteiger partial charge in [0.1, 0.15) is 5.75 Å². The number of nitrogens with zero attached hydrogens (tertiary/aromatic N) is 1. The third kappa shape index (κ3) is 6.47. The van der Waals surface area contributed by atoms with Crippen LogP contribution in [0.25, 0.3) is 0 Å². The van der Waals surface area contributed by atoms with E-state index in [1.165, 1.54) is 0 Å². The first-order valence-electron chi connectivity index (χ1n) is 11.7. The van der Waals surface area contributed by atoms with E-state index in [-0.39, 0.29) is 36.7 Å². The van der Waals surface area contributed by atoms with Gasteiger partial charge in [0.05, 0.1) is 5.92 Å². The SMILES string of the molecule is Cc1ccccc1NC(=O)COc1ccc(N2C[C@@H](C(=O)NCCc3ccccc3)CC2=O)cc1. The lowest BCUT2D eigenvalue weighted by atomic mass is 10.1. The third-order valence-corrected chi connectivity index (χ3v) is 5.99. The maximum absolute atomic E-state index is 12.6. The maximum atomic E-state index is 12.6. The van der Waals surface area contributed by atoms with Crippen molar-refractivity contribution in [3.05, 3.63) is 90.0 Å². The van der Waals surface area contributed by atoms with Crippen molar-refractivity contribution in [2.24, 2.45) is 5.92 Å². The average Bonchev–Trinajstić information content (AvgIpc) is 3.27. The molecule has 0 aliphatic carbocycles. The van der Waals surface area contributed by atoms with E-state index in [9.17, 15) is 14.4 Å². The molecular weight excluding hydrogens is 442 g/mol. The van der Waals surface area contributed by atoms with Crippen LogP contribution in [0.15, 0.2) is 78.9 Å². The molecular formula is C28H29N3O4. The fraction of sp³-hybridized carbons (Fsp3) is 0.250. The summed E-state index contributed by atoms with van der Waals surface area (Å²) in [5, 5.41) is 5.77. The van der Waals surface area contributed by atoms with Crippen LogP contribution in [0.2, 0.25) is 0 Å². The monoisotopic (exact) mass is 471 g/mol. The lowest BCUT2D eigenvalue weighted by Crippen LogP contribution is -2.34. The Morgan fingerprint density at radius 1 is 0.971 bits per heavy atom. The molecule has 1 fully saturated rings. The van der Waals surface area contributed by atoms with E-state index in [0.29, 0.717) is 24.5 Å². The summed E-state index contributed by atoms with van der Waals surface area (Å²) in [5.74, 6) is -0.287. The van der Waals surface area contributed by atoms with Crippen molar-refractivity contribution >= 4 is 29.1 Å². The van der Waals surface area contributed by atoms with E-state index in [1.807, 2.05) is 61.5 Å². The molecule has 1 heterocycles. The van der Waals surface area contributed by atoms with Crippen LogP contribution in [-0.2, 0) is 20.8 Å². The summed E-state index contributed by atoms with van der Waals surface area (Å²) in [6.07, 6.45) is 0.940. The molecule has 0 spiro atoms. The number of nitrogens with one attached hydrogen (secondary N) is 2. The highest BCUT2D eigenvalue weighted by molar-refractivity contribution is 6.00. The Balaban J connectivity index is 1.24. The van der Waals surface area contributed by atoms with E-state index >= 15 is 0 Å². The summed E-state index contributed by atoms with van der Waals surface area (Å²) in [6, 6.07) is 24.5. The molecule has 1 aliphatic heterocycles. The van der Waals surface area contributed by atoms with Crippen molar-refractivity contribution in [1.82, 2.24) is 5.32 Å². The molecule has 0 unspecified atom stereocenters. The zero-order chi connectivity index (χ0) is 24.6. The molecule has 0 bridgehead atoms. The Hall–Kier alpha value is -4.13. The van der Waals surface area contributed by atoms with Crippen LogP contribution in [0, 0.1) is 12.8 Å². The van der Waals surface area contributed by atoms with Crippen molar-refractivity contribution < 1.29 is 19.1 Å². The second kappa shape index (κ2) is 11.3. The summed E-state index contributed by atoms with van der Waals surface area (Å²) >= 11 is 0. The Morgan fingerprint density at radius 3 is 2.43 bits per heavy atom. The average molecular weight is 472 g/mol. The van der Waals surface area contributed by atoms with Gasteiger partial charge in [0.25, 0.3) is 5.91 Å². The molecule has 3 aromatic carbocycles. The lowest BCUT2D eigenvalue weighted by Gasteiger charge is -2.17. The van der Waals surface area contributed by atoms with Crippen molar-refractivity contribution in [2.75, 3.05) is 29.9 Å². The zero-order valence-corrected chi connectivity index (χ0v) is 19.7. The van der Waals surface area contributed by atoms with Crippen LogP contribution in [0.1, 0.15) is 17.5 Å². The van der Waals surface area contributed by atoms with Crippen molar-refractivity contribution in [3.8, 4) is 5.75 Å². The lowest BCUT2D eigenvalue weighted by molar-refractivity contribution is -0.126. The Morgan fingerprint density at radius 2 is 1.69 bits per heavy atom. The van der Waals surface area contributed by atoms with E-state index in [0.717, 1.165) is 23.2 Å². The van der Waals surface area contributed by atoms with Gasteiger partial charge < -0.3 is 20.3 Å². The smallest absolute Gasteiger partial charge is 0.262 e. The topological polar surface area (TPSA) is 87.7 Å². The fourth-order valence-corrected chi connectivity index (χ4v) is 4.02. The normalized spacial score (nSPS) is 15.1. The minimum Gasteiger partial charge on any atom is -0.484 e. The molecule has 0 saturated carbocycles. The summed E-state index contributed by atoms with van der Waals surface area (Å²) in [5.41, 5.74) is 3.59. The van der Waals surface area contributed by atoms with Crippen LogP contribution in [-0.4, -0.2) is 37.4 Å². The second-order valence-corrected chi connectivity index (χ2v) is 8.58. The van der Waals surface area contributed by atoms with Gasteiger partial charge in [-0.15, -0.1) is 0 Å². The van der Waals surface area contributed by atoms with Gasteiger partial charge in [-0.2, -0.15) is 0 Å². The summed E-state index contributed by atoms with van der Waals surface area (Å²) < 4.78 is 5.58. The van der Waals surface area contributed by atoms with Crippen LogP contribution in [0.3, 0.4) is 0 Å². The number of hydrogen-bond acceptors (Lipinski definition) is 4. The number of anilines is 2. The van der Waals surface area contributed by atoms with Crippen LogP contribution < -0.4 is 20.3 Å². The molecule has 3 amide bonds. The van der Waals surface area contributed by atoms with Gasteiger partial charge in [-0.05, 0) is 54.8 Å². The van der Waals surface area contributed by atoms with Gasteiger partial charge in [-0.25, -0.2) is 0 Å². The number of carbonyl (C=O) groups excluding carboxylic acids is 3. The van der Waals surface area contributed by atoms with Gasteiger partial charge in [-0.3, -0.25) is 14.4 Å². The molecule has 35 heavy (non-hydrogen) atoms. The number of rotatable bonds is 9. The van der Waals surface area contributed by atoms with E-state index in [2.05, 4.69) is 10.6 Å². The highest BCUT2D eigenvalue weighted by Crippen LogP contribution is 2.27. The minimum absolute atomic E-state index is 0.0838. The van der Waals surface area contributed by atoms with E-state index in [4.69, 9.17) is 4.74 Å². The maximum Gasteiger partial charge on any atom is 0.262 e. The zero-order valence-electron chi connectivity index (χ0n) is 19.7. The molecule has 1 atom stereocenters. The molecule has 1 saturated heterocycles. The predicted octanol–water partition coefficient (Wildman–Crippen LogP) is 3.72. The summed E-state index contributed by atoms with van der Waals surface area (Å²) in [6.45, 7) is 2.68. The first-order valence-corrected chi connectivity index (χ1v) is 11.7. The highest BCUT2D eigenvalue weighted by Gasteiger charge is 2.34.